The van der Waals surface area contributed by atoms with Crippen molar-refractivity contribution in [3.63, 3.8) is 0 Å². The summed E-state index contributed by atoms with van der Waals surface area (Å²) in [6, 6.07) is 0. The van der Waals surface area contributed by atoms with Crippen LogP contribution in [0.15, 0.2) is 0 Å². The van der Waals surface area contributed by atoms with Gasteiger partial charge in [0.25, 0.3) is 0 Å². The number of likely N-dealkylation sites (tertiary alicyclic amines) is 1. The first-order valence-electron chi connectivity index (χ1n) is 3.92. The molecule has 0 spiro atoms. The lowest BCUT2D eigenvalue weighted by atomic mass is 9.83. The first kappa shape index (κ1) is 9.19. The molecular weight excluding hydrogens is 158 g/mol. The zero-order valence-corrected chi connectivity index (χ0v) is 7.33. The van der Waals surface area contributed by atoms with Crippen LogP contribution in [0.3, 0.4) is 0 Å². The van der Waals surface area contributed by atoms with Gasteiger partial charge in [-0.1, -0.05) is 0 Å². The highest BCUT2D eigenvalue weighted by Crippen LogP contribution is 2.30. The maximum absolute atomic E-state index is 11.1. The summed E-state index contributed by atoms with van der Waals surface area (Å²) in [6.45, 7) is 2.39. The van der Waals surface area contributed by atoms with Crippen LogP contribution in [-0.4, -0.2) is 41.9 Å². The topological polar surface area (TPSA) is 57.6 Å². The van der Waals surface area contributed by atoms with Crippen LogP contribution in [0.25, 0.3) is 0 Å². The summed E-state index contributed by atoms with van der Waals surface area (Å²) in [4.78, 5) is 23.9. The standard InChI is InChI=1S/C8H13NO3/c1-6(10)8(7(11)12)3-4-9(2)5-8/h3-5H2,1-2H3,(H,11,12). The molecule has 0 radical (unpaired) electrons. The first-order chi connectivity index (χ1) is 5.49. The number of hydrogen-bond acceptors (Lipinski definition) is 3. The Labute approximate surface area is 71.2 Å². The minimum atomic E-state index is -1.13. The van der Waals surface area contributed by atoms with Crippen molar-refractivity contribution in [2.45, 2.75) is 13.3 Å². The number of Topliss-reactive ketones (excluding diaryl/α,β-unsaturated/α-hetero) is 1. The SMILES string of the molecule is CC(=O)C1(C(=O)O)CCN(C)C1. The minimum absolute atomic E-state index is 0.237. The largest absolute Gasteiger partial charge is 0.480 e. The maximum Gasteiger partial charge on any atom is 0.318 e. The maximum atomic E-state index is 11.1. The van der Waals surface area contributed by atoms with Gasteiger partial charge in [-0.25, -0.2) is 0 Å². The van der Waals surface area contributed by atoms with Crippen molar-refractivity contribution in [3.8, 4) is 0 Å². The number of nitrogens with zero attached hydrogens (tertiary/aromatic N) is 1. The lowest BCUT2D eigenvalue weighted by Crippen LogP contribution is -2.40. The summed E-state index contributed by atoms with van der Waals surface area (Å²) >= 11 is 0. The fourth-order valence-corrected chi connectivity index (χ4v) is 1.61. The summed E-state index contributed by atoms with van der Waals surface area (Å²) < 4.78 is 0. The third-order valence-electron chi connectivity index (χ3n) is 2.54. The van der Waals surface area contributed by atoms with Crippen molar-refractivity contribution in [1.82, 2.24) is 4.90 Å². The summed E-state index contributed by atoms with van der Waals surface area (Å²) in [5.41, 5.74) is -1.13. The smallest absolute Gasteiger partial charge is 0.318 e. The minimum Gasteiger partial charge on any atom is -0.480 e. The van der Waals surface area contributed by atoms with E-state index in [1.807, 2.05) is 11.9 Å². The number of ketones is 1. The lowest BCUT2D eigenvalue weighted by molar-refractivity contribution is -0.153. The first-order valence-corrected chi connectivity index (χ1v) is 3.92. The molecule has 0 aromatic heterocycles. The van der Waals surface area contributed by atoms with Crippen LogP contribution in [0.1, 0.15) is 13.3 Å². The molecule has 68 valence electrons. The molecule has 4 nitrogen and oxygen atoms in total. The quantitative estimate of drug-likeness (QED) is 0.593. The molecule has 4 heteroatoms. The second-order valence-electron chi connectivity index (χ2n) is 3.43. The number of rotatable bonds is 2. The van der Waals surface area contributed by atoms with Gasteiger partial charge < -0.3 is 10.0 Å². The molecule has 0 aromatic rings. The van der Waals surface area contributed by atoms with Crippen molar-refractivity contribution >= 4 is 11.8 Å². The van der Waals surface area contributed by atoms with E-state index in [1.165, 1.54) is 6.92 Å². The molecule has 0 aliphatic carbocycles. The third-order valence-corrected chi connectivity index (χ3v) is 2.54. The predicted molar refractivity (Wildman–Crippen MR) is 42.9 cm³/mol. The lowest BCUT2D eigenvalue weighted by Gasteiger charge is -2.19. The Morgan fingerprint density at radius 1 is 1.50 bits per heavy atom. The Morgan fingerprint density at radius 2 is 2.08 bits per heavy atom. The van der Waals surface area contributed by atoms with E-state index in [9.17, 15) is 9.59 Å². The number of aliphatic carboxylic acids is 1. The van der Waals surface area contributed by atoms with E-state index in [0.717, 1.165) is 0 Å². The van der Waals surface area contributed by atoms with Crippen molar-refractivity contribution in [2.24, 2.45) is 5.41 Å². The van der Waals surface area contributed by atoms with Crippen LogP contribution in [0, 0.1) is 5.41 Å². The van der Waals surface area contributed by atoms with Gasteiger partial charge >= 0.3 is 5.97 Å². The van der Waals surface area contributed by atoms with E-state index >= 15 is 0 Å². The van der Waals surface area contributed by atoms with E-state index < -0.39 is 11.4 Å². The van der Waals surface area contributed by atoms with Crippen LogP contribution in [0.5, 0.6) is 0 Å². The van der Waals surface area contributed by atoms with Gasteiger partial charge in [-0.2, -0.15) is 0 Å². The third kappa shape index (κ3) is 1.22. The average molecular weight is 171 g/mol. The van der Waals surface area contributed by atoms with Gasteiger partial charge in [0.1, 0.15) is 11.2 Å². The van der Waals surface area contributed by atoms with Crippen molar-refractivity contribution in [1.29, 1.82) is 0 Å². The zero-order valence-electron chi connectivity index (χ0n) is 7.33. The van der Waals surface area contributed by atoms with Crippen LogP contribution >= 0.6 is 0 Å². The van der Waals surface area contributed by atoms with Gasteiger partial charge in [0, 0.05) is 6.54 Å². The summed E-state index contributed by atoms with van der Waals surface area (Å²) in [5, 5.41) is 8.90. The van der Waals surface area contributed by atoms with Crippen molar-refractivity contribution in [3.05, 3.63) is 0 Å². The molecule has 0 amide bonds. The second kappa shape index (κ2) is 2.86. The van der Waals surface area contributed by atoms with Crippen LogP contribution in [0.2, 0.25) is 0 Å². The van der Waals surface area contributed by atoms with Gasteiger partial charge in [0.05, 0.1) is 0 Å². The van der Waals surface area contributed by atoms with E-state index in [2.05, 4.69) is 0 Å². The van der Waals surface area contributed by atoms with E-state index in [4.69, 9.17) is 5.11 Å². The van der Waals surface area contributed by atoms with Gasteiger partial charge in [0.2, 0.25) is 0 Å². The fourth-order valence-electron chi connectivity index (χ4n) is 1.61. The highest BCUT2D eigenvalue weighted by molar-refractivity contribution is 6.02. The molecule has 12 heavy (non-hydrogen) atoms. The summed E-state index contributed by atoms with van der Waals surface area (Å²) in [5.74, 6) is -1.22. The van der Waals surface area contributed by atoms with Gasteiger partial charge in [-0.15, -0.1) is 0 Å². The van der Waals surface area contributed by atoms with E-state index in [0.29, 0.717) is 19.5 Å². The number of hydrogen-bond donors (Lipinski definition) is 1. The van der Waals surface area contributed by atoms with Crippen LogP contribution in [-0.2, 0) is 9.59 Å². The van der Waals surface area contributed by atoms with E-state index in [-0.39, 0.29) is 5.78 Å². The molecule has 1 aliphatic heterocycles. The van der Waals surface area contributed by atoms with Crippen molar-refractivity contribution in [2.75, 3.05) is 20.1 Å². The second-order valence-corrected chi connectivity index (χ2v) is 3.43. The summed E-state index contributed by atoms with van der Waals surface area (Å²) in [7, 11) is 1.83. The van der Waals surface area contributed by atoms with Crippen LogP contribution < -0.4 is 0 Å². The zero-order chi connectivity index (χ0) is 9.35. The molecule has 1 heterocycles. The predicted octanol–water partition coefficient (Wildman–Crippen LogP) is -0.0181. The molecule has 1 aliphatic rings. The fraction of sp³-hybridized carbons (Fsp3) is 0.750. The van der Waals surface area contributed by atoms with Gasteiger partial charge in [-0.05, 0) is 26.9 Å². The number of carbonyl (C=O) groups is 2. The molecular formula is C8H13NO3. The Kier molecular flexibility index (Phi) is 2.19. The Balaban J connectivity index is 2.89. The highest BCUT2D eigenvalue weighted by Gasteiger charge is 2.47. The summed E-state index contributed by atoms with van der Waals surface area (Å²) in [6.07, 6.45) is 0.439. The van der Waals surface area contributed by atoms with Crippen LogP contribution in [0.4, 0.5) is 0 Å². The number of carbonyl (C=O) groups excluding carboxylic acids is 1. The molecule has 1 atom stereocenters. The molecule has 0 saturated carbocycles. The van der Waals surface area contributed by atoms with Gasteiger partial charge in [-0.3, -0.25) is 9.59 Å². The molecule has 1 unspecified atom stereocenters. The molecule has 1 rings (SSSR count). The molecule has 0 aromatic carbocycles. The Hall–Kier alpha value is -0.900. The molecule has 1 fully saturated rings. The molecule has 1 N–H and O–H groups in total. The Morgan fingerprint density at radius 3 is 2.25 bits per heavy atom. The average Bonchev–Trinajstić information content (AvgIpc) is 2.32. The Bertz CT molecular complexity index is 210. The number of carboxylic acid groups (broad SMARTS) is 1. The normalized spacial score (nSPS) is 30.5. The van der Waals surface area contributed by atoms with Crippen molar-refractivity contribution < 1.29 is 14.7 Å². The number of carboxylic acids is 1. The van der Waals surface area contributed by atoms with E-state index in [1.54, 1.807) is 0 Å². The van der Waals surface area contributed by atoms with Gasteiger partial charge in [0.15, 0.2) is 0 Å². The molecule has 1 saturated heterocycles. The monoisotopic (exact) mass is 171 g/mol. The highest BCUT2D eigenvalue weighted by atomic mass is 16.4. The molecule has 0 bridgehead atoms.